The topological polar surface area (TPSA) is 63.6 Å². The van der Waals surface area contributed by atoms with Crippen LogP contribution in [0.4, 0.5) is 13.2 Å². The number of carbonyl (C=O) groups excluding carboxylic acids is 1. The Bertz CT molecular complexity index is 465. The Kier molecular flexibility index (Phi) is 4.52. The van der Waals surface area contributed by atoms with Crippen LogP contribution < -0.4 is 0 Å². The molecule has 0 aliphatic heterocycles. The van der Waals surface area contributed by atoms with Gasteiger partial charge < -0.3 is 9.84 Å². The van der Waals surface area contributed by atoms with Crippen LogP contribution in [0.5, 0.6) is 0 Å². The van der Waals surface area contributed by atoms with Gasteiger partial charge >= 0.3 is 18.1 Å². The molecule has 4 nitrogen and oxygen atoms in total. The molecule has 104 valence electrons. The monoisotopic (exact) mass is 276 g/mol. The number of hydrogen-bond acceptors (Lipinski definition) is 3. The molecule has 7 heteroatoms. The number of carbonyl (C=O) groups is 2. The lowest BCUT2D eigenvalue weighted by Crippen LogP contribution is -2.24. The number of ether oxygens (including phenoxy) is 1. The summed E-state index contributed by atoms with van der Waals surface area (Å²) < 4.78 is 41.6. The van der Waals surface area contributed by atoms with Gasteiger partial charge in [-0.2, -0.15) is 13.2 Å². The summed E-state index contributed by atoms with van der Waals surface area (Å²) in [4.78, 5) is 22.4. The third kappa shape index (κ3) is 3.70. The predicted molar refractivity (Wildman–Crippen MR) is 58.5 cm³/mol. The van der Waals surface area contributed by atoms with Gasteiger partial charge in [0, 0.05) is 0 Å². The maximum atomic E-state index is 12.4. The van der Waals surface area contributed by atoms with Crippen molar-refractivity contribution in [3.05, 3.63) is 35.4 Å². The molecule has 0 aromatic heterocycles. The van der Waals surface area contributed by atoms with Gasteiger partial charge in [-0.3, -0.25) is 9.59 Å². The molecule has 1 atom stereocenters. The molecule has 0 fully saturated rings. The molecule has 0 aliphatic rings. The lowest BCUT2D eigenvalue weighted by Gasteiger charge is -2.13. The Morgan fingerprint density at radius 2 is 1.79 bits per heavy atom. The quantitative estimate of drug-likeness (QED) is 0.677. The van der Waals surface area contributed by atoms with Crippen LogP contribution in [0.25, 0.3) is 0 Å². The summed E-state index contributed by atoms with van der Waals surface area (Å²) in [5.74, 6) is -4.10. The molecule has 0 bridgehead atoms. The van der Waals surface area contributed by atoms with Crippen LogP contribution in [-0.4, -0.2) is 23.7 Å². The van der Waals surface area contributed by atoms with E-state index < -0.39 is 29.6 Å². The van der Waals surface area contributed by atoms with Crippen LogP contribution in [0, 0.1) is 0 Å². The molecule has 0 saturated heterocycles. The van der Waals surface area contributed by atoms with Crippen LogP contribution >= 0.6 is 0 Å². The summed E-state index contributed by atoms with van der Waals surface area (Å²) in [6.45, 7) is 1.49. The van der Waals surface area contributed by atoms with Gasteiger partial charge in [-0.05, 0) is 24.6 Å². The van der Waals surface area contributed by atoms with Gasteiger partial charge in [-0.15, -0.1) is 0 Å². The smallest absolute Gasteiger partial charge is 0.416 e. The summed E-state index contributed by atoms with van der Waals surface area (Å²) in [5.41, 5.74) is -0.969. The highest BCUT2D eigenvalue weighted by molar-refractivity contribution is 5.99. The number of carboxylic acids is 1. The van der Waals surface area contributed by atoms with Crippen molar-refractivity contribution in [3.63, 3.8) is 0 Å². The van der Waals surface area contributed by atoms with Crippen LogP contribution in [-0.2, 0) is 20.5 Å². The first-order chi connectivity index (χ1) is 8.77. The number of aliphatic carboxylic acids is 1. The minimum atomic E-state index is -4.51. The van der Waals surface area contributed by atoms with Gasteiger partial charge in [-0.1, -0.05) is 12.1 Å². The van der Waals surface area contributed by atoms with E-state index >= 15 is 0 Å². The van der Waals surface area contributed by atoms with Gasteiger partial charge in [0.15, 0.2) is 5.92 Å². The molecule has 1 N–H and O–H groups in total. The van der Waals surface area contributed by atoms with Gasteiger partial charge in [-0.25, -0.2) is 0 Å². The largest absolute Gasteiger partial charge is 0.480 e. The minimum absolute atomic E-state index is 0.0107. The molecule has 0 aliphatic carbocycles. The second-order valence-corrected chi connectivity index (χ2v) is 3.64. The summed E-state index contributed by atoms with van der Waals surface area (Å²) in [7, 11) is 0. The first-order valence-electron chi connectivity index (χ1n) is 5.34. The Labute approximate surface area is 106 Å². The van der Waals surface area contributed by atoms with Gasteiger partial charge in [0.1, 0.15) is 0 Å². The van der Waals surface area contributed by atoms with Gasteiger partial charge in [0.05, 0.1) is 12.2 Å². The van der Waals surface area contributed by atoms with E-state index in [1.807, 2.05) is 0 Å². The third-order valence-electron chi connectivity index (χ3n) is 2.34. The van der Waals surface area contributed by atoms with Crippen molar-refractivity contribution in [2.45, 2.75) is 19.0 Å². The Hall–Kier alpha value is -2.05. The Morgan fingerprint density at radius 1 is 1.26 bits per heavy atom. The standard InChI is InChI=1S/C12H11F3O4/c1-2-19-11(18)9(10(16)17)7-3-5-8(6-4-7)12(13,14)15/h3-6,9H,2H2,1H3,(H,16,17). The molecular weight excluding hydrogens is 265 g/mol. The fourth-order valence-electron chi connectivity index (χ4n) is 1.47. The number of hydrogen-bond donors (Lipinski definition) is 1. The number of halogens is 3. The number of alkyl halides is 3. The second-order valence-electron chi connectivity index (χ2n) is 3.64. The van der Waals surface area contributed by atoms with E-state index in [9.17, 15) is 22.8 Å². The molecule has 1 aromatic rings. The zero-order valence-electron chi connectivity index (χ0n) is 9.90. The normalized spacial score (nSPS) is 12.8. The van der Waals surface area contributed by atoms with Crippen molar-refractivity contribution < 1.29 is 32.6 Å². The van der Waals surface area contributed by atoms with E-state index in [0.717, 1.165) is 24.3 Å². The molecule has 0 amide bonds. The van der Waals surface area contributed by atoms with E-state index in [1.165, 1.54) is 6.92 Å². The van der Waals surface area contributed by atoms with Gasteiger partial charge in [0.2, 0.25) is 0 Å². The number of esters is 1. The second kappa shape index (κ2) is 5.73. The van der Waals surface area contributed by atoms with Crippen molar-refractivity contribution in [3.8, 4) is 0 Å². The molecule has 19 heavy (non-hydrogen) atoms. The summed E-state index contributed by atoms with van der Waals surface area (Å²) >= 11 is 0. The molecular formula is C12H11F3O4. The highest BCUT2D eigenvalue weighted by atomic mass is 19.4. The van der Waals surface area contributed by atoms with E-state index in [2.05, 4.69) is 4.74 Å². The summed E-state index contributed by atoms with van der Waals surface area (Å²) in [6.07, 6.45) is -4.51. The van der Waals surface area contributed by atoms with E-state index in [0.29, 0.717) is 0 Å². The fraction of sp³-hybridized carbons (Fsp3) is 0.333. The number of rotatable bonds is 4. The predicted octanol–water partition coefficient (Wildman–Crippen LogP) is 2.44. The summed E-state index contributed by atoms with van der Waals surface area (Å²) in [6, 6.07) is 3.37. The Balaban J connectivity index is 3.05. The number of carboxylic acid groups (broad SMARTS) is 1. The minimum Gasteiger partial charge on any atom is -0.480 e. The van der Waals surface area contributed by atoms with Crippen LogP contribution in [0.3, 0.4) is 0 Å². The lowest BCUT2D eigenvalue weighted by atomic mass is 9.98. The molecule has 0 spiro atoms. The van der Waals surface area contributed by atoms with Crippen molar-refractivity contribution in [1.29, 1.82) is 0 Å². The van der Waals surface area contributed by atoms with Crippen molar-refractivity contribution in [2.75, 3.05) is 6.61 Å². The maximum Gasteiger partial charge on any atom is 0.416 e. The highest BCUT2D eigenvalue weighted by Gasteiger charge is 2.33. The highest BCUT2D eigenvalue weighted by Crippen LogP contribution is 2.30. The average molecular weight is 276 g/mol. The zero-order chi connectivity index (χ0) is 14.6. The zero-order valence-corrected chi connectivity index (χ0v) is 9.90. The molecule has 1 rings (SSSR count). The molecule has 0 radical (unpaired) electrons. The van der Waals surface area contributed by atoms with Crippen LogP contribution in [0.2, 0.25) is 0 Å². The molecule has 0 heterocycles. The van der Waals surface area contributed by atoms with Crippen molar-refractivity contribution in [2.24, 2.45) is 0 Å². The molecule has 1 unspecified atom stereocenters. The van der Waals surface area contributed by atoms with Crippen molar-refractivity contribution >= 4 is 11.9 Å². The lowest BCUT2D eigenvalue weighted by molar-refractivity contribution is -0.153. The van der Waals surface area contributed by atoms with E-state index in [1.54, 1.807) is 0 Å². The van der Waals surface area contributed by atoms with E-state index in [4.69, 9.17) is 5.11 Å². The van der Waals surface area contributed by atoms with E-state index in [-0.39, 0.29) is 12.2 Å². The first-order valence-corrected chi connectivity index (χ1v) is 5.34. The average Bonchev–Trinajstić information content (AvgIpc) is 2.28. The summed E-state index contributed by atoms with van der Waals surface area (Å²) in [5, 5.41) is 8.93. The maximum absolute atomic E-state index is 12.4. The third-order valence-corrected chi connectivity index (χ3v) is 2.34. The van der Waals surface area contributed by atoms with Gasteiger partial charge in [0.25, 0.3) is 0 Å². The van der Waals surface area contributed by atoms with Crippen LogP contribution in [0.1, 0.15) is 24.0 Å². The van der Waals surface area contributed by atoms with Crippen molar-refractivity contribution in [1.82, 2.24) is 0 Å². The molecule has 1 aromatic carbocycles. The SMILES string of the molecule is CCOC(=O)C(C(=O)O)c1ccc(C(F)(F)F)cc1. The number of benzene rings is 1. The Morgan fingerprint density at radius 3 is 2.16 bits per heavy atom. The van der Waals surface area contributed by atoms with Crippen LogP contribution in [0.15, 0.2) is 24.3 Å². The molecule has 0 saturated carbocycles. The first kappa shape index (κ1) is 15.0. The fourth-order valence-corrected chi connectivity index (χ4v) is 1.47.